The third kappa shape index (κ3) is 3.96. The zero-order valence-electron chi connectivity index (χ0n) is 11.8. The highest BCUT2D eigenvalue weighted by molar-refractivity contribution is 5.81. The van der Waals surface area contributed by atoms with E-state index in [2.05, 4.69) is 5.18 Å². The normalized spacial score (nSPS) is 18.9. The number of alkyl halides is 3. The molecule has 1 aromatic carbocycles. The molecule has 1 N–H and O–H groups in total. The number of nitroso groups, excluding NO2 is 1. The number of nitrogens with zero attached hydrogens (tertiary/aromatic N) is 2. The van der Waals surface area contributed by atoms with Gasteiger partial charge in [-0.3, -0.25) is 4.79 Å². The van der Waals surface area contributed by atoms with Crippen molar-refractivity contribution in [2.45, 2.75) is 19.0 Å². The Labute approximate surface area is 125 Å². The summed E-state index contributed by atoms with van der Waals surface area (Å²) < 4.78 is 36.5. The molecule has 1 atom stereocenters. The van der Waals surface area contributed by atoms with Crippen LogP contribution < -0.4 is 10.2 Å². The molecule has 1 amide bonds. The molecule has 22 heavy (non-hydrogen) atoms. The van der Waals surface area contributed by atoms with Gasteiger partial charge in [0.2, 0.25) is 0 Å². The topological polar surface area (TPSA) is 61.8 Å². The van der Waals surface area contributed by atoms with Gasteiger partial charge in [0.15, 0.2) is 0 Å². The smallest absolute Gasteiger partial charge is 0.369 e. The Balaban J connectivity index is 1.97. The van der Waals surface area contributed by atoms with Crippen molar-refractivity contribution in [3.8, 4) is 0 Å². The molecule has 0 aliphatic carbocycles. The van der Waals surface area contributed by atoms with Crippen molar-refractivity contribution in [1.29, 1.82) is 0 Å². The first kappa shape index (κ1) is 16.3. The van der Waals surface area contributed by atoms with E-state index in [1.165, 1.54) is 0 Å². The monoisotopic (exact) mass is 315 g/mol. The van der Waals surface area contributed by atoms with Gasteiger partial charge < -0.3 is 10.2 Å². The molecule has 0 aromatic heterocycles. The third-order valence-corrected chi connectivity index (χ3v) is 3.65. The molecule has 0 radical (unpaired) electrons. The molecule has 8 heteroatoms. The van der Waals surface area contributed by atoms with Crippen LogP contribution in [0.2, 0.25) is 0 Å². The van der Waals surface area contributed by atoms with Crippen molar-refractivity contribution in [3.05, 3.63) is 29.2 Å². The van der Waals surface area contributed by atoms with Crippen molar-refractivity contribution < 1.29 is 18.0 Å². The lowest BCUT2D eigenvalue weighted by Crippen LogP contribution is -2.44. The summed E-state index contributed by atoms with van der Waals surface area (Å²) in [7, 11) is 0. The number of nitrogens with one attached hydrogen (secondary N) is 1. The third-order valence-electron chi connectivity index (χ3n) is 3.65. The van der Waals surface area contributed by atoms with Gasteiger partial charge in [-0.2, -0.15) is 13.2 Å². The lowest BCUT2D eigenvalue weighted by Gasteiger charge is -2.34. The van der Waals surface area contributed by atoms with E-state index in [9.17, 15) is 22.9 Å². The highest BCUT2D eigenvalue weighted by Crippen LogP contribution is 2.31. The van der Waals surface area contributed by atoms with E-state index in [0.29, 0.717) is 24.5 Å². The van der Waals surface area contributed by atoms with Crippen LogP contribution in [-0.2, 0) is 4.79 Å². The van der Waals surface area contributed by atoms with Crippen LogP contribution in [0.3, 0.4) is 0 Å². The minimum absolute atomic E-state index is 0.0362. The van der Waals surface area contributed by atoms with Crippen LogP contribution in [0.4, 0.5) is 24.5 Å². The van der Waals surface area contributed by atoms with E-state index in [0.717, 1.165) is 12.8 Å². The fourth-order valence-electron chi connectivity index (χ4n) is 2.60. The van der Waals surface area contributed by atoms with Crippen molar-refractivity contribution in [2.24, 2.45) is 11.1 Å². The number of amides is 1. The summed E-state index contributed by atoms with van der Waals surface area (Å²) >= 11 is 0. The second kappa shape index (κ2) is 6.76. The first-order valence-electron chi connectivity index (χ1n) is 6.94. The quantitative estimate of drug-likeness (QED) is 0.869. The van der Waals surface area contributed by atoms with Crippen molar-refractivity contribution in [1.82, 2.24) is 5.32 Å². The Morgan fingerprint density at radius 3 is 2.77 bits per heavy atom. The van der Waals surface area contributed by atoms with Gasteiger partial charge in [0.1, 0.15) is 5.69 Å². The Morgan fingerprint density at radius 1 is 1.36 bits per heavy atom. The summed E-state index contributed by atoms with van der Waals surface area (Å²) in [5, 5.41) is 4.88. The van der Waals surface area contributed by atoms with Gasteiger partial charge in [-0.05, 0) is 36.1 Å². The molecule has 1 aromatic rings. The Hall–Kier alpha value is -2.12. The molecule has 2 rings (SSSR count). The van der Waals surface area contributed by atoms with Crippen molar-refractivity contribution >= 4 is 17.3 Å². The van der Waals surface area contributed by atoms with Crippen LogP contribution in [0.15, 0.2) is 29.4 Å². The molecule has 1 heterocycles. The molecule has 0 saturated carbocycles. The summed E-state index contributed by atoms with van der Waals surface area (Å²) in [5.41, 5.74) is 0.979. The molecule has 0 spiro atoms. The second-order valence-electron chi connectivity index (χ2n) is 5.24. The maximum Gasteiger partial charge on any atom is 0.471 e. The van der Waals surface area contributed by atoms with Crippen LogP contribution >= 0.6 is 0 Å². The van der Waals surface area contributed by atoms with Gasteiger partial charge in [-0.1, -0.05) is 12.1 Å². The number of carbonyl (C=O) groups excluding carboxylic acids is 1. The lowest BCUT2D eigenvalue weighted by molar-refractivity contribution is -0.173. The molecule has 120 valence electrons. The van der Waals surface area contributed by atoms with E-state index in [-0.39, 0.29) is 12.5 Å². The van der Waals surface area contributed by atoms with E-state index in [1.54, 1.807) is 24.3 Å². The molecule has 0 unspecified atom stereocenters. The summed E-state index contributed by atoms with van der Waals surface area (Å²) in [4.78, 5) is 23.6. The van der Waals surface area contributed by atoms with E-state index in [1.807, 2.05) is 10.2 Å². The number of para-hydroxylation sites is 1. The highest BCUT2D eigenvalue weighted by atomic mass is 19.4. The number of piperidine rings is 1. The molecular formula is C14H16F3N3O2. The number of anilines is 1. The van der Waals surface area contributed by atoms with E-state index in [4.69, 9.17) is 0 Å². The molecular weight excluding hydrogens is 299 g/mol. The molecule has 0 bridgehead atoms. The number of rotatable bonds is 4. The Bertz CT molecular complexity index is 548. The van der Waals surface area contributed by atoms with Gasteiger partial charge >= 0.3 is 12.1 Å². The summed E-state index contributed by atoms with van der Waals surface area (Å²) in [6, 6.07) is 6.83. The number of carbonyl (C=O) groups is 1. The average molecular weight is 315 g/mol. The van der Waals surface area contributed by atoms with Crippen LogP contribution in [0.5, 0.6) is 0 Å². The predicted octanol–water partition coefficient (Wildman–Crippen LogP) is 2.98. The number of halogens is 3. The molecule has 5 nitrogen and oxygen atoms in total. The van der Waals surface area contributed by atoms with Crippen LogP contribution in [0, 0.1) is 10.8 Å². The fraction of sp³-hybridized carbons (Fsp3) is 0.500. The number of hydrogen-bond acceptors (Lipinski definition) is 4. The van der Waals surface area contributed by atoms with Crippen LogP contribution in [0.1, 0.15) is 12.8 Å². The summed E-state index contributed by atoms with van der Waals surface area (Å²) in [6.45, 7) is 1.15. The van der Waals surface area contributed by atoms with Crippen molar-refractivity contribution in [2.75, 3.05) is 24.5 Å². The van der Waals surface area contributed by atoms with Crippen LogP contribution in [0.25, 0.3) is 0 Å². The van der Waals surface area contributed by atoms with E-state index < -0.39 is 12.1 Å². The zero-order valence-corrected chi connectivity index (χ0v) is 11.8. The fourth-order valence-corrected chi connectivity index (χ4v) is 2.60. The number of benzene rings is 1. The van der Waals surface area contributed by atoms with Gasteiger partial charge in [0, 0.05) is 19.6 Å². The van der Waals surface area contributed by atoms with Crippen LogP contribution in [-0.4, -0.2) is 31.7 Å². The summed E-state index contributed by atoms with van der Waals surface area (Å²) in [6.07, 6.45) is -3.35. The van der Waals surface area contributed by atoms with Gasteiger partial charge in [-0.25, -0.2) is 0 Å². The minimum atomic E-state index is -4.86. The SMILES string of the molecule is O=Nc1ccccc1N1CCC[C@@H](CNC(=O)C(F)(F)F)C1. The molecule has 1 aliphatic heterocycles. The number of hydrogen-bond donors (Lipinski definition) is 1. The second-order valence-corrected chi connectivity index (χ2v) is 5.24. The predicted molar refractivity (Wildman–Crippen MR) is 75.9 cm³/mol. The van der Waals surface area contributed by atoms with Gasteiger partial charge in [-0.15, -0.1) is 4.91 Å². The lowest BCUT2D eigenvalue weighted by atomic mass is 9.97. The Kier molecular flexibility index (Phi) is 4.99. The van der Waals surface area contributed by atoms with Gasteiger partial charge in [0.25, 0.3) is 0 Å². The van der Waals surface area contributed by atoms with E-state index >= 15 is 0 Å². The van der Waals surface area contributed by atoms with Gasteiger partial charge in [0.05, 0.1) is 5.69 Å². The first-order chi connectivity index (χ1) is 10.4. The average Bonchev–Trinajstić information content (AvgIpc) is 2.52. The molecule has 1 aliphatic rings. The standard InChI is InChI=1S/C14H16F3N3O2/c15-14(16,17)13(21)18-8-10-4-3-7-20(9-10)12-6-2-1-5-11(12)19-22/h1-2,5-6,10H,3-4,7-9H2,(H,18,21)/t10-/m0/s1. The largest absolute Gasteiger partial charge is 0.471 e. The Morgan fingerprint density at radius 2 is 2.09 bits per heavy atom. The zero-order chi connectivity index (χ0) is 16.2. The summed E-state index contributed by atoms with van der Waals surface area (Å²) in [5.74, 6) is -2.01. The highest BCUT2D eigenvalue weighted by Gasteiger charge is 2.38. The first-order valence-corrected chi connectivity index (χ1v) is 6.94. The van der Waals surface area contributed by atoms with Crippen molar-refractivity contribution in [3.63, 3.8) is 0 Å². The minimum Gasteiger partial charge on any atom is -0.369 e. The maximum atomic E-state index is 12.2. The maximum absolute atomic E-state index is 12.2. The molecule has 1 saturated heterocycles. The molecule has 1 fully saturated rings.